The molecule has 0 aliphatic carbocycles. The highest BCUT2D eigenvalue weighted by atomic mass is 14.9. The third-order valence-electron chi connectivity index (χ3n) is 3.47. The first kappa shape index (κ1) is 13.4. The van der Waals surface area contributed by atoms with E-state index >= 15 is 0 Å². The normalized spacial score (nSPS) is 10.3. The van der Waals surface area contributed by atoms with Gasteiger partial charge in [0.15, 0.2) is 0 Å². The summed E-state index contributed by atoms with van der Waals surface area (Å²) >= 11 is 0. The summed E-state index contributed by atoms with van der Waals surface area (Å²) in [5.74, 6) is 0. The molecule has 2 aromatic carbocycles. The highest BCUT2D eigenvalue weighted by molar-refractivity contribution is 5.63. The van der Waals surface area contributed by atoms with Gasteiger partial charge in [-0.15, -0.1) is 0 Å². The standard InChI is InChI=1S/C19H18N2/c1-15-7-12-19(14-20-15)21-13-16-8-10-18(11-9-16)17-5-3-2-4-6-17/h2-12,14,21H,13H2,1H3. The third-order valence-corrected chi connectivity index (χ3v) is 3.47. The minimum absolute atomic E-state index is 0.805. The molecule has 0 atom stereocenters. The summed E-state index contributed by atoms with van der Waals surface area (Å²) in [6.45, 7) is 2.80. The zero-order valence-corrected chi connectivity index (χ0v) is 12.1. The summed E-state index contributed by atoms with van der Waals surface area (Å²) in [5, 5.41) is 3.38. The van der Waals surface area contributed by atoms with E-state index in [0.717, 1.165) is 17.9 Å². The Morgan fingerprint density at radius 1 is 0.810 bits per heavy atom. The minimum Gasteiger partial charge on any atom is -0.380 e. The van der Waals surface area contributed by atoms with Crippen LogP contribution in [0.25, 0.3) is 11.1 Å². The van der Waals surface area contributed by atoms with Crippen molar-refractivity contribution in [1.82, 2.24) is 4.98 Å². The molecule has 2 nitrogen and oxygen atoms in total. The Morgan fingerprint density at radius 2 is 1.52 bits per heavy atom. The van der Waals surface area contributed by atoms with Crippen LogP contribution in [0.2, 0.25) is 0 Å². The molecule has 0 radical (unpaired) electrons. The van der Waals surface area contributed by atoms with Crippen molar-refractivity contribution >= 4 is 5.69 Å². The predicted octanol–water partition coefficient (Wildman–Crippen LogP) is 4.67. The first-order valence-corrected chi connectivity index (χ1v) is 7.12. The molecule has 0 aliphatic heterocycles. The van der Waals surface area contributed by atoms with Crippen LogP contribution < -0.4 is 5.32 Å². The van der Waals surface area contributed by atoms with Crippen molar-refractivity contribution in [3.8, 4) is 11.1 Å². The fraction of sp³-hybridized carbons (Fsp3) is 0.105. The lowest BCUT2D eigenvalue weighted by Crippen LogP contribution is -1.99. The third kappa shape index (κ3) is 3.48. The molecule has 0 spiro atoms. The van der Waals surface area contributed by atoms with E-state index in [9.17, 15) is 0 Å². The van der Waals surface area contributed by atoms with E-state index in [-0.39, 0.29) is 0 Å². The molecule has 0 bridgehead atoms. The molecule has 2 heteroatoms. The Kier molecular flexibility index (Phi) is 3.97. The maximum Gasteiger partial charge on any atom is 0.0529 e. The van der Waals surface area contributed by atoms with Crippen LogP contribution in [-0.2, 0) is 6.54 Å². The second-order valence-corrected chi connectivity index (χ2v) is 5.10. The van der Waals surface area contributed by atoms with Crippen LogP contribution in [0.4, 0.5) is 5.69 Å². The van der Waals surface area contributed by atoms with Crippen molar-refractivity contribution in [2.24, 2.45) is 0 Å². The van der Waals surface area contributed by atoms with Crippen LogP contribution in [0.15, 0.2) is 72.9 Å². The summed E-state index contributed by atoms with van der Waals surface area (Å²) in [6.07, 6.45) is 1.87. The topological polar surface area (TPSA) is 24.9 Å². The van der Waals surface area contributed by atoms with Crippen molar-refractivity contribution < 1.29 is 0 Å². The molecular formula is C19H18N2. The first-order valence-electron chi connectivity index (χ1n) is 7.12. The Labute approximate surface area is 125 Å². The van der Waals surface area contributed by atoms with Gasteiger partial charge >= 0.3 is 0 Å². The number of anilines is 1. The summed E-state index contributed by atoms with van der Waals surface area (Å²) < 4.78 is 0. The molecule has 0 unspecified atom stereocenters. The average molecular weight is 274 g/mol. The SMILES string of the molecule is Cc1ccc(NCc2ccc(-c3ccccc3)cc2)cn1. The molecule has 0 fully saturated rings. The highest BCUT2D eigenvalue weighted by Gasteiger charge is 1.98. The van der Waals surface area contributed by atoms with Gasteiger partial charge in [0.2, 0.25) is 0 Å². The molecule has 21 heavy (non-hydrogen) atoms. The zero-order chi connectivity index (χ0) is 14.5. The molecule has 1 heterocycles. The number of pyridine rings is 1. The van der Waals surface area contributed by atoms with Crippen molar-refractivity contribution in [3.05, 3.63) is 84.2 Å². The van der Waals surface area contributed by atoms with Crippen LogP contribution in [0.5, 0.6) is 0 Å². The lowest BCUT2D eigenvalue weighted by atomic mass is 10.0. The monoisotopic (exact) mass is 274 g/mol. The van der Waals surface area contributed by atoms with Crippen LogP contribution >= 0.6 is 0 Å². The molecule has 1 aromatic heterocycles. The van der Waals surface area contributed by atoms with E-state index in [0.29, 0.717) is 0 Å². The number of aryl methyl sites for hydroxylation is 1. The number of rotatable bonds is 4. The van der Waals surface area contributed by atoms with Gasteiger partial charge in [-0.3, -0.25) is 4.98 Å². The molecule has 0 aliphatic rings. The van der Waals surface area contributed by atoms with Crippen LogP contribution in [0, 0.1) is 6.92 Å². The van der Waals surface area contributed by atoms with Crippen molar-refractivity contribution in [1.29, 1.82) is 0 Å². The minimum atomic E-state index is 0.805. The van der Waals surface area contributed by atoms with Gasteiger partial charge in [0.25, 0.3) is 0 Å². The van der Waals surface area contributed by atoms with E-state index in [2.05, 4.69) is 64.9 Å². The maximum atomic E-state index is 4.28. The maximum absolute atomic E-state index is 4.28. The second-order valence-electron chi connectivity index (χ2n) is 5.10. The molecule has 0 amide bonds. The fourth-order valence-corrected chi connectivity index (χ4v) is 2.22. The molecule has 0 saturated carbocycles. The molecule has 1 N–H and O–H groups in total. The van der Waals surface area contributed by atoms with Crippen molar-refractivity contribution in [3.63, 3.8) is 0 Å². The average Bonchev–Trinajstić information content (AvgIpc) is 2.56. The number of hydrogen-bond donors (Lipinski definition) is 1. The smallest absolute Gasteiger partial charge is 0.0529 e. The molecule has 3 aromatic rings. The quantitative estimate of drug-likeness (QED) is 0.748. The van der Waals surface area contributed by atoms with E-state index < -0.39 is 0 Å². The van der Waals surface area contributed by atoms with Gasteiger partial charge in [0, 0.05) is 12.2 Å². The first-order chi connectivity index (χ1) is 10.3. The fourth-order valence-electron chi connectivity index (χ4n) is 2.22. The zero-order valence-electron chi connectivity index (χ0n) is 12.1. The van der Waals surface area contributed by atoms with Gasteiger partial charge in [-0.1, -0.05) is 54.6 Å². The molecule has 3 rings (SSSR count). The number of hydrogen-bond acceptors (Lipinski definition) is 2. The molecular weight excluding hydrogens is 256 g/mol. The van der Waals surface area contributed by atoms with Crippen molar-refractivity contribution in [2.45, 2.75) is 13.5 Å². The van der Waals surface area contributed by atoms with Gasteiger partial charge < -0.3 is 5.32 Å². The number of nitrogens with zero attached hydrogens (tertiary/aromatic N) is 1. The summed E-state index contributed by atoms with van der Waals surface area (Å²) in [6, 6.07) is 23.2. The van der Waals surface area contributed by atoms with Gasteiger partial charge in [-0.2, -0.15) is 0 Å². The largest absolute Gasteiger partial charge is 0.380 e. The number of nitrogens with one attached hydrogen (secondary N) is 1. The lowest BCUT2D eigenvalue weighted by Gasteiger charge is -2.07. The van der Waals surface area contributed by atoms with Crippen LogP contribution in [0.3, 0.4) is 0 Å². The lowest BCUT2D eigenvalue weighted by molar-refractivity contribution is 1.12. The molecule has 104 valence electrons. The Bertz CT molecular complexity index is 686. The van der Waals surface area contributed by atoms with Gasteiger partial charge in [-0.05, 0) is 35.7 Å². The predicted molar refractivity (Wildman–Crippen MR) is 88.2 cm³/mol. The Balaban J connectivity index is 1.66. The highest BCUT2D eigenvalue weighted by Crippen LogP contribution is 2.19. The Morgan fingerprint density at radius 3 is 2.19 bits per heavy atom. The van der Waals surface area contributed by atoms with Crippen LogP contribution in [0.1, 0.15) is 11.3 Å². The number of aromatic nitrogens is 1. The van der Waals surface area contributed by atoms with E-state index in [4.69, 9.17) is 0 Å². The van der Waals surface area contributed by atoms with Crippen molar-refractivity contribution in [2.75, 3.05) is 5.32 Å². The van der Waals surface area contributed by atoms with E-state index in [1.165, 1.54) is 16.7 Å². The van der Waals surface area contributed by atoms with Gasteiger partial charge in [0.05, 0.1) is 11.9 Å². The summed E-state index contributed by atoms with van der Waals surface area (Å²) in [7, 11) is 0. The Hall–Kier alpha value is -2.61. The van der Waals surface area contributed by atoms with Crippen LogP contribution in [-0.4, -0.2) is 4.98 Å². The second kappa shape index (κ2) is 6.23. The summed E-state index contributed by atoms with van der Waals surface area (Å²) in [5.41, 5.74) is 5.84. The van der Waals surface area contributed by atoms with Gasteiger partial charge in [-0.25, -0.2) is 0 Å². The van der Waals surface area contributed by atoms with Gasteiger partial charge in [0.1, 0.15) is 0 Å². The summed E-state index contributed by atoms with van der Waals surface area (Å²) in [4.78, 5) is 4.28. The van der Waals surface area contributed by atoms with E-state index in [1.54, 1.807) is 0 Å². The van der Waals surface area contributed by atoms with E-state index in [1.807, 2.05) is 25.3 Å². The number of benzene rings is 2. The molecule has 0 saturated heterocycles.